The van der Waals surface area contributed by atoms with E-state index in [0.29, 0.717) is 11.3 Å². The molecule has 0 unspecified atom stereocenters. The first-order valence-electron chi connectivity index (χ1n) is 6.34. The van der Waals surface area contributed by atoms with Gasteiger partial charge in [0, 0.05) is 0 Å². The molecular formula is C15H12ClF3N2O2. The van der Waals surface area contributed by atoms with Gasteiger partial charge in [-0.1, -0.05) is 11.6 Å². The molecule has 0 aliphatic rings. The number of ether oxygens (including phenoxy) is 1. The number of nitrogens with one attached hydrogen (secondary N) is 1. The summed E-state index contributed by atoms with van der Waals surface area (Å²) in [5.74, 6) is 0.00972. The van der Waals surface area contributed by atoms with Crippen LogP contribution in [-0.4, -0.2) is 18.4 Å². The predicted molar refractivity (Wildman–Crippen MR) is 82.3 cm³/mol. The van der Waals surface area contributed by atoms with Crippen molar-refractivity contribution in [3.63, 3.8) is 0 Å². The monoisotopic (exact) mass is 344 g/mol. The van der Waals surface area contributed by atoms with Crippen molar-refractivity contribution in [2.45, 2.75) is 6.18 Å². The summed E-state index contributed by atoms with van der Waals surface area (Å²) in [5, 5.41) is 13.6. The lowest BCUT2D eigenvalue weighted by Crippen LogP contribution is -2.04. The zero-order valence-electron chi connectivity index (χ0n) is 11.9. The van der Waals surface area contributed by atoms with Crippen LogP contribution in [0.1, 0.15) is 11.1 Å². The number of rotatable bonds is 4. The lowest BCUT2D eigenvalue weighted by molar-refractivity contribution is -0.137. The van der Waals surface area contributed by atoms with Crippen LogP contribution in [0.5, 0.6) is 11.5 Å². The van der Waals surface area contributed by atoms with Crippen molar-refractivity contribution in [2.75, 3.05) is 12.5 Å². The first-order valence-corrected chi connectivity index (χ1v) is 6.72. The van der Waals surface area contributed by atoms with Crippen molar-refractivity contribution in [1.29, 1.82) is 0 Å². The number of hydrogen-bond acceptors (Lipinski definition) is 4. The third kappa shape index (κ3) is 4.29. The molecule has 0 aliphatic heterocycles. The number of hydrogen-bond donors (Lipinski definition) is 2. The van der Waals surface area contributed by atoms with Crippen molar-refractivity contribution in [3.8, 4) is 11.5 Å². The topological polar surface area (TPSA) is 53.8 Å². The third-order valence-electron chi connectivity index (χ3n) is 2.89. The van der Waals surface area contributed by atoms with Gasteiger partial charge in [-0.3, -0.25) is 5.43 Å². The number of halogens is 4. The second-order valence-corrected chi connectivity index (χ2v) is 4.91. The van der Waals surface area contributed by atoms with Crippen LogP contribution >= 0.6 is 11.6 Å². The van der Waals surface area contributed by atoms with E-state index >= 15 is 0 Å². The second kappa shape index (κ2) is 6.78. The summed E-state index contributed by atoms with van der Waals surface area (Å²) in [5.41, 5.74) is 2.80. The van der Waals surface area contributed by atoms with E-state index in [2.05, 4.69) is 10.5 Å². The van der Waals surface area contributed by atoms with Crippen molar-refractivity contribution in [1.82, 2.24) is 0 Å². The molecule has 2 aromatic carbocycles. The molecule has 4 nitrogen and oxygen atoms in total. The van der Waals surface area contributed by atoms with Gasteiger partial charge in [-0.05, 0) is 42.0 Å². The summed E-state index contributed by atoms with van der Waals surface area (Å²) < 4.78 is 42.3. The Hall–Kier alpha value is -2.41. The van der Waals surface area contributed by atoms with Gasteiger partial charge in [-0.2, -0.15) is 18.3 Å². The number of phenolic OH excluding ortho intramolecular Hbond substituents is 1. The average Bonchev–Trinajstić information content (AvgIpc) is 2.50. The van der Waals surface area contributed by atoms with E-state index in [-0.39, 0.29) is 16.5 Å². The summed E-state index contributed by atoms with van der Waals surface area (Å²) in [6.07, 6.45) is -2.98. The minimum absolute atomic E-state index is 0.0975. The van der Waals surface area contributed by atoms with E-state index in [1.165, 1.54) is 37.6 Å². The largest absolute Gasteiger partial charge is 0.503 e. The van der Waals surface area contributed by atoms with Gasteiger partial charge in [0.25, 0.3) is 0 Å². The highest BCUT2D eigenvalue weighted by atomic mass is 35.5. The number of hydrazone groups is 1. The Morgan fingerprint density at radius 1 is 1.22 bits per heavy atom. The highest BCUT2D eigenvalue weighted by molar-refractivity contribution is 6.32. The van der Waals surface area contributed by atoms with E-state index in [0.717, 1.165) is 12.1 Å². The number of anilines is 1. The number of alkyl halides is 3. The van der Waals surface area contributed by atoms with Crippen LogP contribution in [0.2, 0.25) is 5.02 Å². The maximum absolute atomic E-state index is 12.4. The van der Waals surface area contributed by atoms with Gasteiger partial charge in [0.1, 0.15) is 0 Å². The molecule has 0 radical (unpaired) electrons. The van der Waals surface area contributed by atoms with E-state index in [9.17, 15) is 18.3 Å². The molecule has 0 aliphatic carbocycles. The Labute approximate surface area is 135 Å². The van der Waals surface area contributed by atoms with Crippen LogP contribution < -0.4 is 10.2 Å². The quantitative estimate of drug-likeness (QED) is 0.633. The maximum Gasteiger partial charge on any atom is 0.416 e. The Bertz CT molecular complexity index is 716. The van der Waals surface area contributed by atoms with E-state index in [4.69, 9.17) is 16.3 Å². The summed E-state index contributed by atoms with van der Waals surface area (Å²) in [6.45, 7) is 0. The van der Waals surface area contributed by atoms with Crippen LogP contribution in [0.25, 0.3) is 0 Å². The first-order chi connectivity index (χ1) is 10.8. The molecule has 2 aromatic rings. The minimum atomic E-state index is -4.37. The van der Waals surface area contributed by atoms with Gasteiger partial charge >= 0.3 is 6.18 Å². The van der Waals surface area contributed by atoms with Gasteiger partial charge in [-0.25, -0.2) is 0 Å². The first kappa shape index (κ1) is 17.0. The molecule has 0 fully saturated rings. The van der Waals surface area contributed by atoms with Gasteiger partial charge in [0.15, 0.2) is 11.5 Å². The van der Waals surface area contributed by atoms with Crippen LogP contribution in [-0.2, 0) is 6.18 Å². The lowest BCUT2D eigenvalue weighted by atomic mass is 10.2. The predicted octanol–water partition coefficient (Wildman–Crippen LogP) is 4.52. The van der Waals surface area contributed by atoms with Gasteiger partial charge in [-0.15, -0.1) is 0 Å². The lowest BCUT2D eigenvalue weighted by Gasteiger charge is -2.07. The molecule has 0 atom stereocenters. The molecule has 23 heavy (non-hydrogen) atoms. The van der Waals surface area contributed by atoms with Crippen LogP contribution in [0, 0.1) is 0 Å². The normalized spacial score (nSPS) is 11.7. The molecule has 122 valence electrons. The molecule has 0 saturated carbocycles. The molecule has 0 aromatic heterocycles. The number of methoxy groups -OCH3 is 1. The van der Waals surface area contributed by atoms with Crippen LogP contribution in [0.4, 0.5) is 18.9 Å². The van der Waals surface area contributed by atoms with Gasteiger partial charge in [0.2, 0.25) is 0 Å². The smallest absolute Gasteiger partial charge is 0.416 e. The molecular weight excluding hydrogens is 333 g/mol. The number of benzene rings is 2. The van der Waals surface area contributed by atoms with Crippen molar-refractivity contribution in [3.05, 3.63) is 52.5 Å². The van der Waals surface area contributed by atoms with E-state index < -0.39 is 11.7 Å². The highest BCUT2D eigenvalue weighted by Crippen LogP contribution is 2.34. The maximum atomic E-state index is 12.4. The van der Waals surface area contributed by atoms with Crippen molar-refractivity contribution < 1.29 is 23.0 Å². The fraction of sp³-hybridized carbons (Fsp3) is 0.133. The molecule has 0 saturated heterocycles. The summed E-state index contributed by atoms with van der Waals surface area (Å²) in [6, 6.07) is 7.43. The molecule has 8 heteroatoms. The van der Waals surface area contributed by atoms with Crippen LogP contribution in [0.3, 0.4) is 0 Å². The van der Waals surface area contributed by atoms with Crippen molar-refractivity contribution >= 4 is 23.5 Å². The van der Waals surface area contributed by atoms with E-state index in [1.54, 1.807) is 0 Å². The molecule has 0 heterocycles. The molecule has 2 N–H and O–H groups in total. The number of phenols is 1. The number of aromatic hydroxyl groups is 1. The number of nitrogens with zero attached hydrogens (tertiary/aromatic N) is 1. The Morgan fingerprint density at radius 2 is 1.87 bits per heavy atom. The molecule has 0 bridgehead atoms. The average molecular weight is 345 g/mol. The SMILES string of the molecule is COc1cc(/C=N/Nc2ccc(C(F)(F)F)cc2)cc(Cl)c1O. The summed E-state index contributed by atoms with van der Waals surface area (Å²) in [7, 11) is 1.38. The Balaban J connectivity index is 2.09. The van der Waals surface area contributed by atoms with Gasteiger partial charge < -0.3 is 9.84 Å². The summed E-state index contributed by atoms with van der Waals surface area (Å²) in [4.78, 5) is 0. The standard InChI is InChI=1S/C15H12ClF3N2O2/c1-23-13-7-9(6-12(16)14(13)22)8-20-21-11-4-2-10(3-5-11)15(17,18)19/h2-8,21-22H,1H3/b20-8+. The molecule has 0 amide bonds. The Morgan fingerprint density at radius 3 is 2.43 bits per heavy atom. The minimum Gasteiger partial charge on any atom is -0.503 e. The fourth-order valence-corrected chi connectivity index (χ4v) is 1.96. The fourth-order valence-electron chi connectivity index (χ4n) is 1.74. The molecule has 2 rings (SSSR count). The summed E-state index contributed by atoms with van der Waals surface area (Å²) >= 11 is 5.84. The Kier molecular flexibility index (Phi) is 5.00. The second-order valence-electron chi connectivity index (χ2n) is 4.50. The molecule has 0 spiro atoms. The van der Waals surface area contributed by atoms with Gasteiger partial charge in [0.05, 0.1) is 29.6 Å². The third-order valence-corrected chi connectivity index (χ3v) is 3.18. The highest BCUT2D eigenvalue weighted by Gasteiger charge is 2.29. The zero-order chi connectivity index (χ0) is 17.0. The van der Waals surface area contributed by atoms with E-state index in [1.807, 2.05) is 0 Å². The van der Waals surface area contributed by atoms with Crippen molar-refractivity contribution in [2.24, 2.45) is 5.10 Å². The van der Waals surface area contributed by atoms with Crippen LogP contribution in [0.15, 0.2) is 41.5 Å². The zero-order valence-corrected chi connectivity index (χ0v) is 12.6.